The van der Waals surface area contributed by atoms with Gasteiger partial charge in [0.25, 0.3) is 11.1 Å². The summed E-state index contributed by atoms with van der Waals surface area (Å²) in [4.78, 5) is 36.5. The molecule has 128 valence electrons. The highest BCUT2D eigenvalue weighted by Crippen LogP contribution is 2.22. The van der Waals surface area contributed by atoms with Gasteiger partial charge in [0.05, 0.1) is 16.8 Å². The summed E-state index contributed by atoms with van der Waals surface area (Å²) in [6.07, 6.45) is 0. The summed E-state index contributed by atoms with van der Waals surface area (Å²) < 4.78 is 13.8. The van der Waals surface area contributed by atoms with Gasteiger partial charge in [-0.1, -0.05) is 23.9 Å². The molecule has 8 heteroatoms. The lowest BCUT2D eigenvalue weighted by Crippen LogP contribution is -2.27. The summed E-state index contributed by atoms with van der Waals surface area (Å²) >= 11 is 4.03. The van der Waals surface area contributed by atoms with Crippen molar-refractivity contribution in [1.82, 2.24) is 4.90 Å². The largest absolute Gasteiger partial charge is 0.322 e. The molecule has 2 aromatic rings. The fourth-order valence-electron chi connectivity index (χ4n) is 2.25. The van der Waals surface area contributed by atoms with Crippen LogP contribution < -0.4 is 5.32 Å². The topological polar surface area (TPSA) is 66.5 Å². The molecule has 1 aliphatic heterocycles. The van der Waals surface area contributed by atoms with E-state index in [9.17, 15) is 18.8 Å². The summed E-state index contributed by atoms with van der Waals surface area (Å²) in [6.45, 7) is 0.205. The molecular weight excluding hydrogens is 411 g/mol. The number of carbonyl (C=O) groups is 3. The molecule has 0 aliphatic carbocycles. The van der Waals surface area contributed by atoms with Gasteiger partial charge in [-0.3, -0.25) is 19.3 Å². The van der Waals surface area contributed by atoms with Crippen molar-refractivity contribution in [2.75, 3.05) is 11.1 Å². The minimum Gasteiger partial charge on any atom is -0.322 e. The van der Waals surface area contributed by atoms with Crippen LogP contribution in [0.1, 0.15) is 15.9 Å². The number of hydrogen-bond acceptors (Lipinski definition) is 4. The van der Waals surface area contributed by atoms with Crippen molar-refractivity contribution in [3.63, 3.8) is 0 Å². The number of thioether (sulfide) groups is 1. The van der Waals surface area contributed by atoms with Crippen molar-refractivity contribution < 1.29 is 18.8 Å². The minimum atomic E-state index is -0.513. The Kier molecular flexibility index (Phi) is 5.19. The Balaban J connectivity index is 1.66. The van der Waals surface area contributed by atoms with E-state index in [1.54, 1.807) is 24.3 Å². The molecule has 3 amide bonds. The van der Waals surface area contributed by atoms with Gasteiger partial charge in [-0.15, -0.1) is 0 Å². The van der Waals surface area contributed by atoms with Crippen LogP contribution in [0.3, 0.4) is 0 Å². The number of benzene rings is 2. The Morgan fingerprint density at radius 3 is 2.52 bits per heavy atom. The number of nitrogens with one attached hydrogen (secondary N) is 1. The van der Waals surface area contributed by atoms with E-state index in [4.69, 9.17) is 0 Å². The summed E-state index contributed by atoms with van der Waals surface area (Å²) in [5.41, 5.74) is 1.51. The first kappa shape index (κ1) is 17.6. The van der Waals surface area contributed by atoms with Gasteiger partial charge in [0.15, 0.2) is 0 Å². The Morgan fingerprint density at radius 1 is 1.20 bits per heavy atom. The first-order valence-corrected chi connectivity index (χ1v) is 9.04. The highest BCUT2D eigenvalue weighted by Gasteiger charge is 2.29. The van der Waals surface area contributed by atoms with Crippen LogP contribution in [-0.4, -0.2) is 27.7 Å². The number of hydrogen-bond donors (Lipinski definition) is 1. The first-order valence-electron chi connectivity index (χ1n) is 7.26. The molecule has 0 unspecified atom stereocenters. The Bertz CT molecular complexity index is 841. The lowest BCUT2D eigenvalue weighted by atomic mass is 10.1. The molecule has 1 aliphatic rings. The van der Waals surface area contributed by atoms with Crippen LogP contribution in [0.25, 0.3) is 0 Å². The summed E-state index contributed by atoms with van der Waals surface area (Å²) in [6, 6.07) is 10.9. The third-order valence-electron chi connectivity index (χ3n) is 3.57. The van der Waals surface area contributed by atoms with E-state index in [1.165, 1.54) is 17.0 Å². The lowest BCUT2D eigenvalue weighted by Gasteiger charge is -2.13. The molecule has 2 aromatic carbocycles. The van der Waals surface area contributed by atoms with Crippen molar-refractivity contribution >= 4 is 50.4 Å². The van der Waals surface area contributed by atoms with Gasteiger partial charge >= 0.3 is 0 Å². The number of carbonyl (C=O) groups excluding carboxylic acids is 3. The summed E-state index contributed by atoms with van der Waals surface area (Å²) in [5.74, 6) is -0.970. The average Bonchev–Trinajstić information content (AvgIpc) is 2.91. The number of rotatable bonds is 4. The maximum absolute atomic E-state index is 13.5. The molecule has 25 heavy (non-hydrogen) atoms. The number of nitrogens with zero attached hydrogens (tertiary/aromatic N) is 1. The van der Waals surface area contributed by atoms with E-state index in [0.717, 1.165) is 23.4 Å². The summed E-state index contributed by atoms with van der Waals surface area (Å²) in [7, 11) is 0. The number of amides is 3. The van der Waals surface area contributed by atoms with Crippen LogP contribution in [0.2, 0.25) is 0 Å². The van der Waals surface area contributed by atoms with Crippen molar-refractivity contribution in [3.8, 4) is 0 Å². The van der Waals surface area contributed by atoms with Crippen molar-refractivity contribution in [2.24, 2.45) is 0 Å². The second kappa shape index (κ2) is 7.37. The van der Waals surface area contributed by atoms with Crippen LogP contribution in [-0.2, 0) is 11.3 Å². The SMILES string of the molecule is O=C(Nc1ccc(CN2C(=O)CSC2=O)cc1)c1ccc(Br)c(F)c1. The standard InChI is InChI=1S/C17H12BrFN2O3S/c18-13-6-3-11(7-14(13)19)16(23)20-12-4-1-10(2-5-12)8-21-15(22)9-25-17(21)24/h1-7H,8-9H2,(H,20,23). The van der Waals surface area contributed by atoms with Crippen molar-refractivity contribution in [3.05, 3.63) is 63.9 Å². The molecule has 1 N–H and O–H groups in total. The van der Waals surface area contributed by atoms with E-state index < -0.39 is 11.7 Å². The average molecular weight is 423 g/mol. The molecule has 0 saturated carbocycles. The van der Waals surface area contributed by atoms with Crippen LogP contribution in [0.15, 0.2) is 46.9 Å². The van der Waals surface area contributed by atoms with Crippen LogP contribution in [0.5, 0.6) is 0 Å². The van der Waals surface area contributed by atoms with Crippen LogP contribution >= 0.6 is 27.7 Å². The van der Waals surface area contributed by atoms with Crippen LogP contribution in [0, 0.1) is 5.82 Å². The molecule has 5 nitrogen and oxygen atoms in total. The van der Waals surface area contributed by atoms with E-state index in [1.807, 2.05) is 0 Å². The Morgan fingerprint density at radius 2 is 1.92 bits per heavy atom. The monoisotopic (exact) mass is 422 g/mol. The highest BCUT2D eigenvalue weighted by atomic mass is 79.9. The molecule has 1 fully saturated rings. The zero-order chi connectivity index (χ0) is 18.0. The fraction of sp³-hybridized carbons (Fsp3) is 0.118. The predicted molar refractivity (Wildman–Crippen MR) is 96.9 cm³/mol. The molecule has 1 heterocycles. The second-order valence-electron chi connectivity index (χ2n) is 5.31. The van der Waals surface area contributed by atoms with E-state index in [2.05, 4.69) is 21.2 Å². The van der Waals surface area contributed by atoms with Crippen molar-refractivity contribution in [1.29, 1.82) is 0 Å². The van der Waals surface area contributed by atoms with Gasteiger partial charge in [0.2, 0.25) is 5.91 Å². The Labute approximate surface area is 155 Å². The van der Waals surface area contributed by atoms with Gasteiger partial charge in [0.1, 0.15) is 5.82 Å². The molecule has 0 radical (unpaired) electrons. The minimum absolute atomic E-state index is 0.177. The quantitative estimate of drug-likeness (QED) is 0.807. The van der Waals surface area contributed by atoms with E-state index in [-0.39, 0.29) is 33.5 Å². The maximum atomic E-state index is 13.5. The van der Waals surface area contributed by atoms with E-state index in [0.29, 0.717) is 5.69 Å². The molecule has 0 atom stereocenters. The molecule has 0 bridgehead atoms. The van der Waals surface area contributed by atoms with Gasteiger partial charge in [0, 0.05) is 11.3 Å². The second-order valence-corrected chi connectivity index (χ2v) is 7.10. The van der Waals surface area contributed by atoms with Gasteiger partial charge in [-0.2, -0.15) is 0 Å². The number of imide groups is 1. The molecule has 0 aromatic heterocycles. The molecular formula is C17H12BrFN2O3S. The van der Waals surface area contributed by atoms with E-state index >= 15 is 0 Å². The van der Waals surface area contributed by atoms with Gasteiger partial charge in [-0.25, -0.2) is 4.39 Å². The highest BCUT2D eigenvalue weighted by molar-refractivity contribution is 9.10. The van der Waals surface area contributed by atoms with Gasteiger partial charge < -0.3 is 5.32 Å². The third kappa shape index (κ3) is 4.08. The zero-order valence-corrected chi connectivity index (χ0v) is 15.2. The predicted octanol–water partition coefficient (Wildman–Crippen LogP) is 4.04. The zero-order valence-electron chi connectivity index (χ0n) is 12.8. The molecule has 0 spiro atoms. The normalized spacial score (nSPS) is 14.1. The molecule has 3 rings (SSSR count). The molecule has 1 saturated heterocycles. The third-order valence-corrected chi connectivity index (χ3v) is 5.08. The lowest BCUT2D eigenvalue weighted by molar-refractivity contribution is -0.125. The maximum Gasteiger partial charge on any atom is 0.289 e. The Hall–Kier alpha value is -2.19. The van der Waals surface area contributed by atoms with Crippen molar-refractivity contribution in [2.45, 2.75) is 6.54 Å². The summed E-state index contributed by atoms with van der Waals surface area (Å²) in [5, 5.41) is 2.42. The smallest absolute Gasteiger partial charge is 0.289 e. The number of anilines is 1. The number of halogens is 2. The van der Waals surface area contributed by atoms with Crippen LogP contribution in [0.4, 0.5) is 14.9 Å². The fourth-order valence-corrected chi connectivity index (χ4v) is 3.22. The van der Waals surface area contributed by atoms with Gasteiger partial charge in [-0.05, 0) is 51.8 Å². The first-order chi connectivity index (χ1) is 11.9.